The maximum Gasteiger partial charge on any atom is 0.120 e. The molecular weight excluding hydrogens is 218 g/mol. The number of benzene rings is 1. The molecule has 1 atom stereocenters. The van der Waals surface area contributed by atoms with Gasteiger partial charge in [-0.1, -0.05) is 0 Å². The molecule has 4 heteroatoms. The van der Waals surface area contributed by atoms with E-state index >= 15 is 0 Å². The first-order valence-electron chi connectivity index (χ1n) is 5.85. The molecular formula is C13H21NO3. The molecule has 0 amide bonds. The quantitative estimate of drug-likeness (QED) is 0.763. The Labute approximate surface area is 103 Å². The van der Waals surface area contributed by atoms with E-state index in [0.717, 1.165) is 17.9 Å². The van der Waals surface area contributed by atoms with Gasteiger partial charge >= 0.3 is 0 Å². The molecule has 17 heavy (non-hydrogen) atoms. The molecule has 0 spiro atoms. The standard InChI is InChI=1S/C13H21NO3/c1-4-17-10(2)8-14-9-11-7-12(16-3)5-6-13(11)15/h5-7,10,14-15H,4,8-9H2,1-3H3. The molecule has 0 saturated carbocycles. The van der Waals surface area contributed by atoms with Crippen molar-refractivity contribution in [2.24, 2.45) is 0 Å². The van der Waals surface area contributed by atoms with Crippen LogP contribution in [0.25, 0.3) is 0 Å². The summed E-state index contributed by atoms with van der Waals surface area (Å²) < 4.78 is 10.5. The molecule has 1 aromatic rings. The third-order valence-corrected chi connectivity index (χ3v) is 2.49. The summed E-state index contributed by atoms with van der Waals surface area (Å²) >= 11 is 0. The smallest absolute Gasteiger partial charge is 0.120 e. The minimum atomic E-state index is 0.174. The second kappa shape index (κ2) is 7.14. The summed E-state index contributed by atoms with van der Waals surface area (Å²) in [6.07, 6.45) is 0.174. The van der Waals surface area contributed by atoms with Crippen molar-refractivity contribution in [2.45, 2.75) is 26.5 Å². The zero-order valence-corrected chi connectivity index (χ0v) is 10.7. The van der Waals surface area contributed by atoms with E-state index in [1.54, 1.807) is 19.2 Å². The number of methoxy groups -OCH3 is 1. The Morgan fingerprint density at radius 3 is 2.82 bits per heavy atom. The number of aromatic hydroxyl groups is 1. The zero-order chi connectivity index (χ0) is 12.7. The fourth-order valence-corrected chi connectivity index (χ4v) is 1.58. The van der Waals surface area contributed by atoms with Crippen LogP contribution in [0.5, 0.6) is 11.5 Å². The first kappa shape index (κ1) is 13.8. The molecule has 0 fully saturated rings. The number of hydrogen-bond donors (Lipinski definition) is 2. The topological polar surface area (TPSA) is 50.7 Å². The largest absolute Gasteiger partial charge is 0.508 e. The Bertz CT molecular complexity index is 341. The van der Waals surface area contributed by atoms with Gasteiger partial charge in [0.1, 0.15) is 11.5 Å². The summed E-state index contributed by atoms with van der Waals surface area (Å²) in [6.45, 7) is 6.06. The van der Waals surface area contributed by atoms with Gasteiger partial charge in [0.25, 0.3) is 0 Å². The lowest BCUT2D eigenvalue weighted by Gasteiger charge is -2.13. The van der Waals surface area contributed by atoms with Gasteiger partial charge in [0.05, 0.1) is 13.2 Å². The molecule has 2 N–H and O–H groups in total. The Morgan fingerprint density at radius 2 is 2.18 bits per heavy atom. The van der Waals surface area contributed by atoms with Crippen LogP contribution in [0, 0.1) is 0 Å². The summed E-state index contributed by atoms with van der Waals surface area (Å²) in [4.78, 5) is 0. The van der Waals surface area contributed by atoms with E-state index in [0.29, 0.717) is 13.2 Å². The van der Waals surface area contributed by atoms with Crippen molar-refractivity contribution in [3.63, 3.8) is 0 Å². The minimum absolute atomic E-state index is 0.174. The van der Waals surface area contributed by atoms with Gasteiger partial charge in [-0.2, -0.15) is 0 Å². The average Bonchev–Trinajstić information content (AvgIpc) is 2.32. The second-order valence-electron chi connectivity index (χ2n) is 3.89. The molecule has 0 aliphatic carbocycles. The fraction of sp³-hybridized carbons (Fsp3) is 0.538. The van der Waals surface area contributed by atoms with Crippen LogP contribution in [0.2, 0.25) is 0 Å². The molecule has 0 aliphatic rings. The third-order valence-electron chi connectivity index (χ3n) is 2.49. The highest BCUT2D eigenvalue weighted by Gasteiger charge is 2.04. The van der Waals surface area contributed by atoms with Crippen LogP contribution < -0.4 is 10.1 Å². The van der Waals surface area contributed by atoms with Crippen LogP contribution in [0.1, 0.15) is 19.4 Å². The number of nitrogens with one attached hydrogen (secondary N) is 1. The van der Waals surface area contributed by atoms with Crippen molar-refractivity contribution in [3.8, 4) is 11.5 Å². The van der Waals surface area contributed by atoms with Gasteiger partial charge in [0.15, 0.2) is 0 Å². The minimum Gasteiger partial charge on any atom is -0.508 e. The predicted octanol–water partition coefficient (Wildman–Crippen LogP) is 1.92. The predicted molar refractivity (Wildman–Crippen MR) is 67.5 cm³/mol. The van der Waals surface area contributed by atoms with Crippen molar-refractivity contribution in [2.75, 3.05) is 20.3 Å². The molecule has 4 nitrogen and oxygen atoms in total. The average molecular weight is 239 g/mol. The summed E-state index contributed by atoms with van der Waals surface area (Å²) in [5.41, 5.74) is 0.827. The van der Waals surface area contributed by atoms with Crippen LogP contribution in [-0.4, -0.2) is 31.5 Å². The highest BCUT2D eigenvalue weighted by atomic mass is 16.5. The van der Waals surface area contributed by atoms with Crippen molar-refractivity contribution in [3.05, 3.63) is 23.8 Å². The number of hydrogen-bond acceptors (Lipinski definition) is 4. The van der Waals surface area contributed by atoms with Crippen molar-refractivity contribution in [1.82, 2.24) is 5.32 Å². The van der Waals surface area contributed by atoms with Gasteiger partial charge < -0.3 is 19.9 Å². The Morgan fingerprint density at radius 1 is 1.41 bits per heavy atom. The van der Waals surface area contributed by atoms with E-state index in [9.17, 15) is 5.11 Å². The van der Waals surface area contributed by atoms with E-state index in [4.69, 9.17) is 9.47 Å². The van der Waals surface area contributed by atoms with E-state index in [1.165, 1.54) is 0 Å². The summed E-state index contributed by atoms with van der Waals surface area (Å²) in [5, 5.41) is 12.9. The molecule has 0 bridgehead atoms. The van der Waals surface area contributed by atoms with Gasteiger partial charge in [0.2, 0.25) is 0 Å². The molecule has 0 aromatic heterocycles. The summed E-state index contributed by atoms with van der Waals surface area (Å²) in [5.74, 6) is 1.03. The lowest BCUT2D eigenvalue weighted by Crippen LogP contribution is -2.26. The van der Waals surface area contributed by atoms with Crippen LogP contribution >= 0.6 is 0 Å². The lowest BCUT2D eigenvalue weighted by molar-refractivity contribution is 0.0759. The van der Waals surface area contributed by atoms with Crippen LogP contribution in [0.4, 0.5) is 0 Å². The van der Waals surface area contributed by atoms with Crippen molar-refractivity contribution in [1.29, 1.82) is 0 Å². The molecule has 0 radical (unpaired) electrons. The van der Waals surface area contributed by atoms with E-state index in [1.807, 2.05) is 19.9 Å². The van der Waals surface area contributed by atoms with Gasteiger partial charge in [-0.3, -0.25) is 0 Å². The molecule has 1 rings (SSSR count). The third kappa shape index (κ3) is 4.63. The second-order valence-corrected chi connectivity index (χ2v) is 3.89. The summed E-state index contributed by atoms with van der Waals surface area (Å²) in [6, 6.07) is 5.21. The Kier molecular flexibility index (Phi) is 5.80. The first-order valence-corrected chi connectivity index (χ1v) is 5.85. The number of ether oxygens (including phenoxy) is 2. The van der Waals surface area contributed by atoms with E-state index in [2.05, 4.69) is 5.32 Å². The number of phenols is 1. The molecule has 1 aromatic carbocycles. The van der Waals surface area contributed by atoms with Gasteiger partial charge in [-0.05, 0) is 32.0 Å². The normalized spacial score (nSPS) is 12.4. The zero-order valence-electron chi connectivity index (χ0n) is 10.7. The molecule has 0 aliphatic heterocycles. The summed E-state index contributed by atoms with van der Waals surface area (Å²) in [7, 11) is 1.61. The van der Waals surface area contributed by atoms with Crippen LogP contribution in [-0.2, 0) is 11.3 Å². The highest BCUT2D eigenvalue weighted by Crippen LogP contribution is 2.22. The fourth-order valence-electron chi connectivity index (χ4n) is 1.58. The first-order chi connectivity index (χ1) is 8.17. The van der Waals surface area contributed by atoms with Gasteiger partial charge in [-0.25, -0.2) is 0 Å². The maximum absolute atomic E-state index is 9.67. The molecule has 1 unspecified atom stereocenters. The Hall–Kier alpha value is -1.26. The lowest BCUT2D eigenvalue weighted by atomic mass is 10.2. The van der Waals surface area contributed by atoms with Crippen molar-refractivity contribution >= 4 is 0 Å². The van der Waals surface area contributed by atoms with Crippen molar-refractivity contribution < 1.29 is 14.6 Å². The number of phenolic OH excluding ortho intramolecular Hbond substituents is 1. The van der Waals surface area contributed by atoms with Crippen LogP contribution in [0.15, 0.2) is 18.2 Å². The molecule has 96 valence electrons. The maximum atomic E-state index is 9.67. The number of rotatable bonds is 7. The SMILES string of the molecule is CCOC(C)CNCc1cc(OC)ccc1O. The monoisotopic (exact) mass is 239 g/mol. The van der Waals surface area contributed by atoms with Crippen LogP contribution in [0.3, 0.4) is 0 Å². The van der Waals surface area contributed by atoms with Gasteiger partial charge in [-0.15, -0.1) is 0 Å². The van der Waals surface area contributed by atoms with Gasteiger partial charge in [0, 0.05) is 25.3 Å². The Balaban J connectivity index is 2.45. The van der Waals surface area contributed by atoms with E-state index in [-0.39, 0.29) is 11.9 Å². The molecule has 0 heterocycles. The van der Waals surface area contributed by atoms with E-state index < -0.39 is 0 Å². The highest BCUT2D eigenvalue weighted by molar-refractivity contribution is 5.39. The molecule has 0 saturated heterocycles.